The lowest BCUT2D eigenvalue weighted by molar-refractivity contribution is -0.148. The van der Waals surface area contributed by atoms with E-state index in [1.54, 1.807) is 29.7 Å². The third-order valence-electron chi connectivity index (χ3n) is 3.49. The maximum absolute atomic E-state index is 11.9. The quantitative estimate of drug-likeness (QED) is 0.624. The molecule has 0 fully saturated rings. The standard InChI is InChI=1S/C16H18N2O4/c1-16(17-11-19,15(21)22-2)10-12-5-6-14(20)13(9-12)18-7-3-4-8-18/h3-9,11,20H,10H2,1-2H3,(H,17,19)/t16-/m0/s1. The van der Waals surface area contributed by atoms with Crippen LogP contribution in [0.15, 0.2) is 42.7 Å². The highest BCUT2D eigenvalue weighted by molar-refractivity contribution is 5.83. The Morgan fingerprint density at radius 3 is 2.68 bits per heavy atom. The Morgan fingerprint density at radius 2 is 2.09 bits per heavy atom. The highest BCUT2D eigenvalue weighted by Crippen LogP contribution is 2.25. The highest BCUT2D eigenvalue weighted by atomic mass is 16.5. The summed E-state index contributed by atoms with van der Waals surface area (Å²) in [5, 5.41) is 12.5. The predicted octanol–water partition coefficient (Wildman–Crippen LogP) is 1.40. The molecule has 1 atom stereocenters. The van der Waals surface area contributed by atoms with Gasteiger partial charge in [-0.15, -0.1) is 0 Å². The van der Waals surface area contributed by atoms with E-state index in [9.17, 15) is 14.7 Å². The van der Waals surface area contributed by atoms with Crippen molar-refractivity contribution in [2.45, 2.75) is 18.9 Å². The minimum atomic E-state index is -1.17. The number of amides is 1. The predicted molar refractivity (Wildman–Crippen MR) is 80.8 cm³/mol. The summed E-state index contributed by atoms with van der Waals surface area (Å²) in [4.78, 5) is 22.7. The van der Waals surface area contributed by atoms with Crippen LogP contribution in [0.5, 0.6) is 5.75 Å². The fraction of sp³-hybridized carbons (Fsp3) is 0.250. The monoisotopic (exact) mass is 302 g/mol. The Morgan fingerprint density at radius 1 is 1.41 bits per heavy atom. The maximum Gasteiger partial charge on any atom is 0.331 e. The fourth-order valence-electron chi connectivity index (χ4n) is 2.33. The molecule has 2 N–H and O–H groups in total. The van der Waals surface area contributed by atoms with E-state index in [0.717, 1.165) is 5.56 Å². The molecular formula is C16H18N2O4. The average Bonchev–Trinajstić information content (AvgIpc) is 3.02. The van der Waals surface area contributed by atoms with Crippen LogP contribution >= 0.6 is 0 Å². The van der Waals surface area contributed by atoms with Crippen LogP contribution in [0, 0.1) is 0 Å². The molecule has 1 heterocycles. The Hall–Kier alpha value is -2.76. The van der Waals surface area contributed by atoms with Crippen LogP contribution in [0.3, 0.4) is 0 Å². The third kappa shape index (κ3) is 3.11. The van der Waals surface area contributed by atoms with Gasteiger partial charge in [0.2, 0.25) is 6.41 Å². The lowest BCUT2D eigenvalue weighted by atomic mass is 9.92. The molecule has 116 valence electrons. The molecule has 2 aromatic rings. The second-order valence-corrected chi connectivity index (χ2v) is 5.18. The van der Waals surface area contributed by atoms with Crippen molar-refractivity contribution in [3.63, 3.8) is 0 Å². The Bertz CT molecular complexity index is 667. The first kappa shape index (κ1) is 15.6. The Balaban J connectivity index is 2.35. The molecule has 2 rings (SSSR count). The molecule has 0 aliphatic heterocycles. The number of hydrogen-bond acceptors (Lipinski definition) is 4. The van der Waals surface area contributed by atoms with Crippen LogP contribution in [0.2, 0.25) is 0 Å². The van der Waals surface area contributed by atoms with Crippen molar-refractivity contribution < 1.29 is 19.4 Å². The number of benzene rings is 1. The van der Waals surface area contributed by atoms with Crippen molar-refractivity contribution in [1.29, 1.82) is 0 Å². The van der Waals surface area contributed by atoms with Crippen molar-refractivity contribution in [3.05, 3.63) is 48.3 Å². The van der Waals surface area contributed by atoms with Crippen LogP contribution < -0.4 is 5.32 Å². The van der Waals surface area contributed by atoms with Gasteiger partial charge in [0.05, 0.1) is 12.8 Å². The van der Waals surface area contributed by atoms with Gasteiger partial charge < -0.3 is 19.7 Å². The summed E-state index contributed by atoms with van der Waals surface area (Å²) in [7, 11) is 1.27. The number of nitrogens with one attached hydrogen (secondary N) is 1. The van der Waals surface area contributed by atoms with Gasteiger partial charge in [-0.3, -0.25) is 4.79 Å². The fourth-order valence-corrected chi connectivity index (χ4v) is 2.33. The molecule has 1 aromatic heterocycles. The smallest absolute Gasteiger partial charge is 0.331 e. The van der Waals surface area contributed by atoms with Gasteiger partial charge in [-0.1, -0.05) is 6.07 Å². The number of nitrogens with zero attached hydrogens (tertiary/aromatic N) is 1. The summed E-state index contributed by atoms with van der Waals surface area (Å²) in [5.74, 6) is -0.404. The number of carbonyl (C=O) groups excluding carboxylic acids is 2. The first-order valence-corrected chi connectivity index (χ1v) is 6.75. The van der Waals surface area contributed by atoms with Crippen molar-refractivity contribution in [3.8, 4) is 11.4 Å². The molecular weight excluding hydrogens is 284 g/mol. The summed E-state index contributed by atoms with van der Waals surface area (Å²) < 4.78 is 6.52. The van der Waals surface area contributed by atoms with Gasteiger partial charge in [0.1, 0.15) is 11.3 Å². The summed E-state index contributed by atoms with van der Waals surface area (Å²) >= 11 is 0. The van der Waals surface area contributed by atoms with Crippen LogP contribution in [0.25, 0.3) is 5.69 Å². The molecule has 0 radical (unpaired) electrons. The lowest BCUT2D eigenvalue weighted by Gasteiger charge is -2.26. The van der Waals surface area contributed by atoms with Gasteiger partial charge in [0.25, 0.3) is 0 Å². The Kier molecular flexibility index (Phi) is 4.50. The molecule has 1 aromatic carbocycles. The molecule has 0 aliphatic carbocycles. The number of rotatable bonds is 6. The van der Waals surface area contributed by atoms with Crippen molar-refractivity contribution in [2.75, 3.05) is 7.11 Å². The van der Waals surface area contributed by atoms with Crippen LogP contribution in [0.1, 0.15) is 12.5 Å². The molecule has 0 bridgehead atoms. The number of aromatic nitrogens is 1. The summed E-state index contributed by atoms with van der Waals surface area (Å²) in [5.41, 5.74) is 0.214. The number of ether oxygens (including phenoxy) is 1. The maximum atomic E-state index is 11.9. The third-order valence-corrected chi connectivity index (χ3v) is 3.49. The van der Waals surface area contributed by atoms with E-state index in [1.807, 2.05) is 24.5 Å². The summed E-state index contributed by atoms with van der Waals surface area (Å²) in [6.45, 7) is 1.59. The number of hydrogen-bond donors (Lipinski definition) is 2. The lowest BCUT2D eigenvalue weighted by Crippen LogP contribution is -2.51. The number of esters is 1. The van der Waals surface area contributed by atoms with Gasteiger partial charge >= 0.3 is 5.97 Å². The molecule has 22 heavy (non-hydrogen) atoms. The molecule has 6 nitrogen and oxygen atoms in total. The topological polar surface area (TPSA) is 80.6 Å². The number of methoxy groups -OCH3 is 1. The number of carbonyl (C=O) groups is 2. The molecule has 0 saturated carbocycles. The molecule has 0 aliphatic rings. The van der Waals surface area contributed by atoms with Gasteiger partial charge in [0.15, 0.2) is 0 Å². The Labute approximate surface area is 128 Å². The van der Waals surface area contributed by atoms with E-state index in [2.05, 4.69) is 5.32 Å². The second kappa shape index (κ2) is 6.34. The zero-order chi connectivity index (χ0) is 16.2. The van der Waals surface area contributed by atoms with Gasteiger partial charge in [0, 0.05) is 18.8 Å². The highest BCUT2D eigenvalue weighted by Gasteiger charge is 2.34. The number of aromatic hydroxyl groups is 1. The van der Waals surface area contributed by atoms with E-state index in [0.29, 0.717) is 12.1 Å². The number of phenols is 1. The van der Waals surface area contributed by atoms with Crippen LogP contribution in [-0.4, -0.2) is 34.7 Å². The molecule has 0 saturated heterocycles. The average molecular weight is 302 g/mol. The van der Waals surface area contributed by atoms with Gasteiger partial charge in [-0.2, -0.15) is 0 Å². The van der Waals surface area contributed by atoms with Gasteiger partial charge in [-0.05, 0) is 36.8 Å². The molecule has 0 unspecified atom stereocenters. The zero-order valence-corrected chi connectivity index (χ0v) is 12.4. The van der Waals surface area contributed by atoms with E-state index in [1.165, 1.54) is 7.11 Å². The zero-order valence-electron chi connectivity index (χ0n) is 12.4. The van der Waals surface area contributed by atoms with E-state index in [4.69, 9.17) is 4.74 Å². The number of phenolic OH excluding ortho intramolecular Hbond substituents is 1. The normalized spacial score (nSPS) is 13.2. The van der Waals surface area contributed by atoms with E-state index in [-0.39, 0.29) is 12.2 Å². The minimum absolute atomic E-state index is 0.128. The van der Waals surface area contributed by atoms with Crippen molar-refractivity contribution >= 4 is 12.4 Å². The first-order chi connectivity index (χ1) is 10.5. The first-order valence-electron chi connectivity index (χ1n) is 6.75. The summed E-state index contributed by atoms with van der Waals surface area (Å²) in [6, 6.07) is 8.72. The van der Waals surface area contributed by atoms with Crippen LogP contribution in [0.4, 0.5) is 0 Å². The SMILES string of the molecule is COC(=O)[C@](C)(Cc1ccc(O)c(-n2cccc2)c1)NC=O. The molecule has 6 heteroatoms. The molecule has 1 amide bonds. The minimum Gasteiger partial charge on any atom is -0.506 e. The van der Waals surface area contributed by atoms with E-state index >= 15 is 0 Å². The van der Waals surface area contributed by atoms with Crippen molar-refractivity contribution in [2.24, 2.45) is 0 Å². The summed E-state index contributed by atoms with van der Waals surface area (Å²) in [6.07, 6.45) is 4.33. The second-order valence-electron chi connectivity index (χ2n) is 5.18. The van der Waals surface area contributed by atoms with Gasteiger partial charge in [-0.25, -0.2) is 4.79 Å². The van der Waals surface area contributed by atoms with Crippen LogP contribution in [-0.2, 0) is 20.7 Å². The van der Waals surface area contributed by atoms with E-state index < -0.39 is 11.5 Å². The molecule has 0 spiro atoms. The largest absolute Gasteiger partial charge is 0.506 e. The van der Waals surface area contributed by atoms with Crippen molar-refractivity contribution in [1.82, 2.24) is 9.88 Å².